The van der Waals surface area contributed by atoms with Crippen molar-refractivity contribution in [1.29, 1.82) is 0 Å². The number of hydrogen-bond donors (Lipinski definition) is 3. The summed E-state index contributed by atoms with van der Waals surface area (Å²) in [6, 6.07) is 5.24. The standard InChI is InChI=1S/C24H34FN7O3/c1-5-22(33)28-19-13-20(21(34-4)14-18(19)26-9-6-11-31(2)3)29-24-27-10-7-23(30-24)35-17-15-32(16-17)12-8-25/h5,7,10,13-14,17,26H,1,6,8-9,11-12,15-16H2,2-4H3,(H,28,33)(H,27,29,30). The molecule has 1 aromatic heterocycles. The van der Waals surface area contributed by atoms with E-state index in [9.17, 15) is 9.18 Å². The van der Waals surface area contributed by atoms with Crippen molar-refractivity contribution in [1.82, 2.24) is 19.8 Å². The van der Waals surface area contributed by atoms with Crippen molar-refractivity contribution in [3.63, 3.8) is 0 Å². The minimum absolute atomic E-state index is 0.0302. The Kier molecular flexibility index (Phi) is 9.62. The highest BCUT2D eigenvalue weighted by Crippen LogP contribution is 2.36. The van der Waals surface area contributed by atoms with Gasteiger partial charge in [-0.2, -0.15) is 4.98 Å². The molecule has 0 saturated carbocycles. The zero-order valence-electron chi connectivity index (χ0n) is 20.5. The van der Waals surface area contributed by atoms with Gasteiger partial charge in [0.05, 0.1) is 24.2 Å². The molecule has 0 bridgehead atoms. The first-order chi connectivity index (χ1) is 16.9. The predicted octanol–water partition coefficient (Wildman–Crippen LogP) is 2.75. The number of alkyl halides is 1. The molecule has 1 fully saturated rings. The number of benzene rings is 1. The number of methoxy groups -OCH3 is 1. The van der Waals surface area contributed by atoms with Crippen LogP contribution in [-0.4, -0.2) is 92.4 Å². The molecule has 3 N–H and O–H groups in total. The van der Waals surface area contributed by atoms with Gasteiger partial charge in [-0.3, -0.25) is 9.69 Å². The van der Waals surface area contributed by atoms with Gasteiger partial charge in [-0.25, -0.2) is 9.37 Å². The number of hydrogen-bond acceptors (Lipinski definition) is 9. The second-order valence-corrected chi connectivity index (χ2v) is 8.41. The van der Waals surface area contributed by atoms with Crippen LogP contribution in [0, 0.1) is 0 Å². The topological polar surface area (TPSA) is 104 Å². The summed E-state index contributed by atoms with van der Waals surface area (Å²) in [7, 11) is 5.61. The van der Waals surface area contributed by atoms with Crippen LogP contribution >= 0.6 is 0 Å². The normalized spacial score (nSPS) is 13.7. The van der Waals surface area contributed by atoms with Crippen LogP contribution in [0.5, 0.6) is 11.6 Å². The molecule has 1 aliphatic rings. The molecular weight excluding hydrogens is 453 g/mol. The third-order valence-electron chi connectivity index (χ3n) is 5.37. The average molecular weight is 488 g/mol. The minimum Gasteiger partial charge on any atom is -0.494 e. The van der Waals surface area contributed by atoms with Crippen molar-refractivity contribution in [2.75, 3.05) is 76.6 Å². The lowest BCUT2D eigenvalue weighted by molar-refractivity contribution is -0.111. The Hall–Kier alpha value is -3.44. The second kappa shape index (κ2) is 12.9. The van der Waals surface area contributed by atoms with Crippen LogP contribution in [0.3, 0.4) is 0 Å². The van der Waals surface area contributed by atoms with E-state index < -0.39 is 0 Å². The number of rotatable bonds is 14. The molecule has 0 aliphatic carbocycles. The molecule has 11 heteroatoms. The van der Waals surface area contributed by atoms with Gasteiger partial charge in [0, 0.05) is 44.5 Å². The second-order valence-electron chi connectivity index (χ2n) is 8.41. The average Bonchev–Trinajstić information content (AvgIpc) is 2.81. The zero-order chi connectivity index (χ0) is 25.2. The van der Waals surface area contributed by atoms with Crippen LogP contribution < -0.4 is 25.4 Å². The molecule has 1 saturated heterocycles. The first kappa shape index (κ1) is 26.2. The molecule has 1 aliphatic heterocycles. The van der Waals surface area contributed by atoms with E-state index in [1.54, 1.807) is 25.4 Å². The Bertz CT molecular complexity index is 999. The van der Waals surface area contributed by atoms with Crippen molar-refractivity contribution in [2.45, 2.75) is 12.5 Å². The lowest BCUT2D eigenvalue weighted by Crippen LogP contribution is -2.54. The van der Waals surface area contributed by atoms with Crippen molar-refractivity contribution in [3.05, 3.63) is 37.1 Å². The number of anilines is 4. The largest absolute Gasteiger partial charge is 0.494 e. The summed E-state index contributed by atoms with van der Waals surface area (Å²) in [5, 5.41) is 9.33. The number of ether oxygens (including phenoxy) is 2. The van der Waals surface area contributed by atoms with E-state index in [2.05, 4.69) is 37.4 Å². The van der Waals surface area contributed by atoms with Gasteiger partial charge >= 0.3 is 0 Å². The van der Waals surface area contributed by atoms with Gasteiger partial charge in [0.2, 0.25) is 17.7 Å². The Balaban J connectivity index is 1.74. The van der Waals surface area contributed by atoms with Crippen molar-refractivity contribution in [2.24, 2.45) is 0 Å². The van der Waals surface area contributed by atoms with E-state index in [4.69, 9.17) is 9.47 Å². The number of nitrogens with one attached hydrogen (secondary N) is 3. The fourth-order valence-electron chi connectivity index (χ4n) is 3.56. The van der Waals surface area contributed by atoms with Crippen LogP contribution in [0.25, 0.3) is 0 Å². The molecule has 0 radical (unpaired) electrons. The molecule has 2 heterocycles. The molecule has 10 nitrogen and oxygen atoms in total. The molecule has 0 atom stereocenters. The lowest BCUT2D eigenvalue weighted by atomic mass is 10.2. The summed E-state index contributed by atoms with van der Waals surface area (Å²) in [5.41, 5.74) is 1.86. The van der Waals surface area contributed by atoms with E-state index in [1.807, 2.05) is 25.1 Å². The van der Waals surface area contributed by atoms with Gasteiger partial charge in [-0.1, -0.05) is 6.58 Å². The molecule has 35 heavy (non-hydrogen) atoms. The molecule has 1 amide bonds. The number of nitrogens with zero attached hydrogens (tertiary/aromatic N) is 4. The third-order valence-corrected chi connectivity index (χ3v) is 5.37. The molecular formula is C24H34FN7O3. The summed E-state index contributed by atoms with van der Waals surface area (Å²) in [6.45, 7) is 6.57. The lowest BCUT2D eigenvalue weighted by Gasteiger charge is -2.37. The van der Waals surface area contributed by atoms with E-state index in [0.717, 1.165) is 25.2 Å². The molecule has 190 valence electrons. The predicted molar refractivity (Wildman–Crippen MR) is 136 cm³/mol. The number of carbonyl (C=O) groups is 1. The smallest absolute Gasteiger partial charge is 0.247 e. The maximum Gasteiger partial charge on any atom is 0.247 e. The van der Waals surface area contributed by atoms with E-state index in [1.165, 1.54) is 6.08 Å². The number of halogens is 1. The first-order valence-corrected chi connectivity index (χ1v) is 11.5. The van der Waals surface area contributed by atoms with Gasteiger partial charge in [0.1, 0.15) is 18.5 Å². The van der Waals surface area contributed by atoms with Crippen LogP contribution in [-0.2, 0) is 4.79 Å². The molecule has 1 aromatic carbocycles. The highest BCUT2D eigenvalue weighted by atomic mass is 19.1. The fourth-order valence-corrected chi connectivity index (χ4v) is 3.56. The van der Waals surface area contributed by atoms with E-state index in [0.29, 0.717) is 48.6 Å². The van der Waals surface area contributed by atoms with Crippen molar-refractivity contribution in [3.8, 4) is 11.6 Å². The van der Waals surface area contributed by atoms with Gasteiger partial charge in [-0.15, -0.1) is 0 Å². The highest BCUT2D eigenvalue weighted by Gasteiger charge is 2.28. The highest BCUT2D eigenvalue weighted by molar-refractivity contribution is 6.02. The SMILES string of the molecule is C=CC(=O)Nc1cc(Nc2nccc(OC3CN(CCF)C3)n2)c(OC)cc1NCCCN(C)C. The Morgan fingerprint density at radius 1 is 1.31 bits per heavy atom. The first-order valence-electron chi connectivity index (χ1n) is 11.5. The van der Waals surface area contributed by atoms with Gasteiger partial charge in [-0.05, 0) is 39.2 Å². The number of likely N-dealkylation sites (tertiary alicyclic amines) is 1. The Morgan fingerprint density at radius 3 is 2.80 bits per heavy atom. The van der Waals surface area contributed by atoms with E-state index >= 15 is 0 Å². The van der Waals surface area contributed by atoms with Gasteiger partial charge < -0.3 is 30.3 Å². The van der Waals surface area contributed by atoms with Crippen LogP contribution in [0.15, 0.2) is 37.1 Å². The van der Waals surface area contributed by atoms with Crippen LogP contribution in [0.4, 0.5) is 27.4 Å². The summed E-state index contributed by atoms with van der Waals surface area (Å²) in [4.78, 5) is 24.8. The maximum absolute atomic E-state index is 12.4. The van der Waals surface area contributed by atoms with Gasteiger partial charge in [0.15, 0.2) is 0 Å². The Labute approximate surface area is 205 Å². The molecule has 0 spiro atoms. The van der Waals surface area contributed by atoms with Crippen molar-refractivity contribution < 1.29 is 18.7 Å². The Morgan fingerprint density at radius 2 is 2.11 bits per heavy atom. The summed E-state index contributed by atoms with van der Waals surface area (Å²) >= 11 is 0. The quantitative estimate of drug-likeness (QED) is 0.274. The zero-order valence-corrected chi connectivity index (χ0v) is 20.5. The number of amides is 1. The van der Waals surface area contributed by atoms with Crippen molar-refractivity contribution >= 4 is 28.9 Å². The molecule has 0 unspecified atom stereocenters. The maximum atomic E-state index is 12.4. The van der Waals surface area contributed by atoms with E-state index in [-0.39, 0.29) is 18.7 Å². The minimum atomic E-state index is -0.365. The van der Waals surface area contributed by atoms with Crippen LogP contribution in [0.1, 0.15) is 6.42 Å². The molecule has 2 aromatic rings. The van der Waals surface area contributed by atoms with Gasteiger partial charge in [0.25, 0.3) is 0 Å². The third kappa shape index (κ3) is 7.79. The fraction of sp³-hybridized carbons (Fsp3) is 0.458. The summed E-state index contributed by atoms with van der Waals surface area (Å²) < 4.78 is 23.9. The summed E-state index contributed by atoms with van der Waals surface area (Å²) in [5.74, 6) is 0.957. The number of aromatic nitrogens is 2. The summed E-state index contributed by atoms with van der Waals surface area (Å²) in [6.07, 6.45) is 3.71. The van der Waals surface area contributed by atoms with Crippen LogP contribution in [0.2, 0.25) is 0 Å². The number of carbonyl (C=O) groups excluding carboxylic acids is 1. The molecule has 3 rings (SSSR count). The monoisotopic (exact) mass is 487 g/mol.